The van der Waals surface area contributed by atoms with E-state index in [-0.39, 0.29) is 136 Å². The number of morpholine rings is 1. The zero-order valence-electron chi connectivity index (χ0n) is 66.5. The van der Waals surface area contributed by atoms with E-state index >= 15 is 51.9 Å². The number of rotatable bonds is 14. The van der Waals surface area contributed by atoms with Crippen molar-refractivity contribution in [3.63, 3.8) is 0 Å². The average molecular weight is 1590 g/mol. The molecule has 34 heteroatoms. The fourth-order valence-corrected chi connectivity index (χ4v) is 18.1. The molecule has 8 fully saturated rings. The van der Waals surface area contributed by atoms with Gasteiger partial charge in [0.25, 0.3) is 0 Å². The highest BCUT2D eigenvalue weighted by atomic mass is 19.4. The van der Waals surface area contributed by atoms with E-state index in [0.29, 0.717) is 44.9 Å². The molecule has 2 bridgehead atoms. The molecule has 0 radical (unpaired) electrons. The van der Waals surface area contributed by atoms with Gasteiger partial charge in [-0.2, -0.15) is 26.3 Å². The van der Waals surface area contributed by atoms with Gasteiger partial charge in [0.2, 0.25) is 70.9 Å². The lowest BCUT2D eigenvalue weighted by atomic mass is 9.74. The van der Waals surface area contributed by atoms with Gasteiger partial charge in [0.05, 0.1) is 44.7 Å². The summed E-state index contributed by atoms with van der Waals surface area (Å²) in [5.41, 5.74) is -1.70. The molecule has 4 saturated heterocycles. The number of nitrogens with one attached hydrogen (secondary N) is 3. The first-order valence-corrected chi connectivity index (χ1v) is 40.3. The third-order valence-corrected chi connectivity index (χ3v) is 25.0. The SMILES string of the molecule is CCO[C@@H]1C[C@H]2C(=O)NC3(CCC3)C(=O)N(C)[C@@H](C3CCCC3)C(=O)N(CC)[C@H](C(=O)N3CCOCC3)CC(=O)N(C)[C@@H](CC(C)C)C(=O)N[C@@H]([C@@H](C)CC)C(=O)N(C)CC(=O)N(C)[C@H]3CCCCN(C3=O)[C@@H](CC3CCC(C(F)(F)F)CC3)C(=O)N(C)CC(=O)N[C@@H](CCC3CC(F)C(C(F)(F)F)C(F)C3)C(=O)N2C1. The lowest BCUT2D eigenvalue weighted by Crippen LogP contribution is -2.68. The largest absolute Gasteiger partial charge is 0.397 e. The Morgan fingerprint density at radius 3 is 1.80 bits per heavy atom. The standard InChI is InChI=1S/C77H120F8N12O14/c1-12-46(6)64-72(107)90(8)44-62(100)91(9)55-22-17-18-31-96(71(55)106)58(39-47-23-26-50(27-24-47)76(80,81)82)69(104)89(7)43-60(98)86-54(28-25-48-37-52(78)63(53(79)38-48)77(83,84)85)68(103)97-42-51(111-14-3)40-57(97)67(102)88-75(29-19-30-75)74(109)93(11)65(49-20-15-16-21-49)73(108)95(13-2)59(70(105)94-32-34-110-35-33-94)41-61(99)92(10)56(36-45(4)5)66(101)87-64/h45-59,63-65H,12-44H2,1-11H3,(H,86,98)(H,87,101)(H,88,102)/t46-,47?,48?,50?,51+,52?,53?,54-,55-,56-,57-,58-,59-,63?,64-,65-/m0/s1. The summed E-state index contributed by atoms with van der Waals surface area (Å²) in [6.07, 6.45) is -15.8. The molecule has 12 amide bonds. The Labute approximate surface area is 646 Å². The van der Waals surface area contributed by atoms with E-state index in [1.807, 2.05) is 13.8 Å². The summed E-state index contributed by atoms with van der Waals surface area (Å²) in [4.78, 5) is 194. The van der Waals surface area contributed by atoms with Crippen molar-refractivity contribution in [1.82, 2.24) is 60.0 Å². The molecule has 111 heavy (non-hydrogen) atoms. The summed E-state index contributed by atoms with van der Waals surface area (Å²) in [7, 11) is 6.75. The number of ether oxygens (including phenoxy) is 2. The molecule has 4 heterocycles. The highest BCUT2D eigenvalue weighted by molar-refractivity contribution is 6.01. The van der Waals surface area contributed by atoms with Crippen molar-refractivity contribution in [2.24, 2.45) is 41.4 Å². The normalized spacial score (nSPS) is 32.1. The van der Waals surface area contributed by atoms with Crippen LogP contribution in [-0.4, -0.2) is 301 Å². The third-order valence-electron chi connectivity index (χ3n) is 25.0. The van der Waals surface area contributed by atoms with Crippen LogP contribution < -0.4 is 16.0 Å². The molecule has 3 N–H and O–H groups in total. The fourth-order valence-electron chi connectivity index (χ4n) is 18.1. The van der Waals surface area contributed by atoms with Crippen LogP contribution in [0.15, 0.2) is 0 Å². The molecule has 4 aliphatic heterocycles. The quantitative estimate of drug-likeness (QED) is 0.160. The van der Waals surface area contributed by atoms with Crippen LogP contribution in [0, 0.1) is 41.4 Å². The summed E-state index contributed by atoms with van der Waals surface area (Å²) >= 11 is 0. The first-order chi connectivity index (χ1) is 52.3. The molecule has 8 rings (SSSR count). The van der Waals surface area contributed by atoms with Crippen LogP contribution >= 0.6 is 0 Å². The molecule has 0 aromatic carbocycles. The maximum atomic E-state index is 16.0. The number of halogens is 8. The van der Waals surface area contributed by atoms with Gasteiger partial charge in [-0.15, -0.1) is 0 Å². The maximum absolute atomic E-state index is 16.0. The van der Waals surface area contributed by atoms with E-state index in [4.69, 9.17) is 9.47 Å². The van der Waals surface area contributed by atoms with Gasteiger partial charge in [-0.3, -0.25) is 57.5 Å². The second-order valence-corrected chi connectivity index (χ2v) is 33.0. The van der Waals surface area contributed by atoms with Gasteiger partial charge in [-0.1, -0.05) is 47.0 Å². The maximum Gasteiger partial charge on any atom is 0.397 e. The van der Waals surface area contributed by atoms with Crippen molar-refractivity contribution < 1.29 is 102 Å². The number of carbonyl (C=O) groups excluding carboxylic acids is 12. The first kappa shape index (κ1) is 89.5. The Kier molecular flexibility index (Phi) is 31.4. The Balaban J connectivity index is 1.21. The van der Waals surface area contributed by atoms with Gasteiger partial charge in [0.15, 0.2) is 0 Å². The van der Waals surface area contributed by atoms with Gasteiger partial charge in [-0.25, -0.2) is 8.78 Å². The second-order valence-electron chi connectivity index (χ2n) is 33.0. The highest BCUT2D eigenvalue weighted by Crippen LogP contribution is 2.46. The summed E-state index contributed by atoms with van der Waals surface area (Å²) in [5, 5.41) is 8.48. The zero-order valence-corrected chi connectivity index (χ0v) is 66.5. The summed E-state index contributed by atoms with van der Waals surface area (Å²) in [6, 6.07) is -11.3. The monoisotopic (exact) mass is 1590 g/mol. The Bertz CT molecular complexity index is 3270. The van der Waals surface area contributed by atoms with Crippen molar-refractivity contribution in [3.8, 4) is 0 Å². The summed E-state index contributed by atoms with van der Waals surface area (Å²) < 4.78 is 127. The van der Waals surface area contributed by atoms with Gasteiger partial charge in [-0.05, 0) is 159 Å². The molecule has 1 spiro atoms. The van der Waals surface area contributed by atoms with Crippen molar-refractivity contribution in [2.75, 3.05) is 101 Å². The van der Waals surface area contributed by atoms with Crippen LogP contribution in [0.2, 0.25) is 0 Å². The average Bonchev–Trinajstić information content (AvgIpc) is 1.69. The van der Waals surface area contributed by atoms with E-state index in [9.17, 15) is 40.7 Å². The number of nitrogens with zero attached hydrogens (tertiary/aromatic N) is 9. The van der Waals surface area contributed by atoms with Crippen LogP contribution in [0.5, 0.6) is 0 Å². The van der Waals surface area contributed by atoms with Gasteiger partial charge >= 0.3 is 12.4 Å². The van der Waals surface area contributed by atoms with Crippen LogP contribution in [-0.2, 0) is 67.0 Å². The molecule has 12 atom stereocenters. The number of hydrogen-bond donors (Lipinski definition) is 3. The third kappa shape index (κ3) is 21.7. The van der Waals surface area contributed by atoms with E-state index in [1.54, 1.807) is 27.7 Å². The first-order valence-electron chi connectivity index (χ1n) is 40.3. The molecule has 8 aliphatic rings. The predicted molar refractivity (Wildman–Crippen MR) is 390 cm³/mol. The van der Waals surface area contributed by atoms with Gasteiger partial charge in [0, 0.05) is 81.0 Å². The lowest BCUT2D eigenvalue weighted by Gasteiger charge is -2.47. The number of carbonyl (C=O) groups is 12. The van der Waals surface area contributed by atoms with Gasteiger partial charge in [0.1, 0.15) is 72.1 Å². The van der Waals surface area contributed by atoms with Crippen LogP contribution in [0.3, 0.4) is 0 Å². The molecule has 628 valence electrons. The highest BCUT2D eigenvalue weighted by Gasteiger charge is 2.57. The number of amides is 12. The minimum absolute atomic E-state index is 0.00769. The second kappa shape index (κ2) is 38.9. The molecule has 26 nitrogen and oxygen atoms in total. The van der Waals surface area contributed by atoms with Crippen LogP contribution in [0.1, 0.15) is 189 Å². The van der Waals surface area contributed by atoms with Crippen LogP contribution in [0.4, 0.5) is 35.1 Å². The van der Waals surface area contributed by atoms with Crippen LogP contribution in [0.25, 0.3) is 0 Å². The molecule has 2 unspecified atom stereocenters. The molecular weight excluding hydrogens is 1470 g/mol. The molecular formula is C77H120F8N12O14. The number of alkyl halides is 8. The van der Waals surface area contributed by atoms with Crippen molar-refractivity contribution in [2.45, 2.75) is 274 Å². The van der Waals surface area contributed by atoms with Crippen molar-refractivity contribution >= 4 is 70.9 Å². The Morgan fingerprint density at radius 1 is 0.613 bits per heavy atom. The molecule has 0 aromatic rings. The van der Waals surface area contributed by atoms with E-state index in [1.165, 1.54) is 59.7 Å². The lowest BCUT2D eigenvalue weighted by molar-refractivity contribution is -0.219. The van der Waals surface area contributed by atoms with E-state index in [2.05, 4.69) is 16.0 Å². The minimum Gasteiger partial charge on any atom is -0.378 e. The Hall–Kier alpha value is -7.00. The van der Waals surface area contributed by atoms with E-state index in [0.717, 1.165) is 19.6 Å². The number of likely N-dealkylation sites (N-methyl/N-ethyl adjacent to an activating group) is 6. The fraction of sp³-hybridized carbons (Fsp3) is 0.844. The topological polar surface area (TPSA) is 289 Å². The van der Waals surface area contributed by atoms with Crippen molar-refractivity contribution in [1.29, 1.82) is 0 Å². The summed E-state index contributed by atoms with van der Waals surface area (Å²) in [5.74, 6) is -16.7. The van der Waals surface area contributed by atoms with Crippen molar-refractivity contribution in [3.05, 3.63) is 0 Å². The molecule has 4 saturated carbocycles. The minimum atomic E-state index is -5.22. The molecule has 0 aromatic heterocycles. The summed E-state index contributed by atoms with van der Waals surface area (Å²) in [6.45, 7) is 9.06. The molecule has 4 aliphatic carbocycles. The predicted octanol–water partition coefficient (Wildman–Crippen LogP) is 6.35. The number of hydrogen-bond acceptors (Lipinski definition) is 14. The van der Waals surface area contributed by atoms with E-state index < -0.39 is 230 Å². The smallest absolute Gasteiger partial charge is 0.378 e. The van der Waals surface area contributed by atoms with Gasteiger partial charge < -0.3 is 69.5 Å². The zero-order chi connectivity index (χ0) is 81.9. The number of fused-ring (bicyclic) bond motifs is 3. The Morgan fingerprint density at radius 2 is 1.23 bits per heavy atom.